The maximum atomic E-state index is 11.6. The number of carboxylic acids is 1. The Balaban J connectivity index is 2.52. The minimum absolute atomic E-state index is 0.198. The summed E-state index contributed by atoms with van der Waals surface area (Å²) in [5.74, 6) is -0.535. The Morgan fingerprint density at radius 1 is 1.50 bits per heavy atom. The molecule has 0 saturated heterocycles. The van der Waals surface area contributed by atoms with E-state index in [-0.39, 0.29) is 6.42 Å². The van der Waals surface area contributed by atoms with Crippen LogP contribution in [0, 0.1) is 6.92 Å². The highest BCUT2D eigenvalue weighted by Gasteiger charge is 2.24. The maximum absolute atomic E-state index is 11.6. The number of rotatable bonds is 5. The molecule has 0 aromatic carbocycles. The normalized spacial score (nSPS) is 12.8. The molecule has 1 heterocycles. The number of alkyl carbamates (subject to hydrolysis) is 1. The monoisotopic (exact) mass is 284 g/mol. The van der Waals surface area contributed by atoms with E-state index in [1.807, 2.05) is 0 Å². The Morgan fingerprint density at radius 3 is 2.60 bits per heavy atom. The van der Waals surface area contributed by atoms with Gasteiger partial charge in [0, 0.05) is 12.5 Å². The van der Waals surface area contributed by atoms with Crippen molar-refractivity contribution in [1.29, 1.82) is 0 Å². The molecular formula is C13H20N2O5. The number of ether oxygens (including phenoxy) is 1. The first kappa shape index (κ1) is 16.0. The molecule has 0 aliphatic carbocycles. The molecule has 0 saturated carbocycles. The third-order valence-corrected chi connectivity index (χ3v) is 2.35. The van der Waals surface area contributed by atoms with Crippen molar-refractivity contribution in [3.63, 3.8) is 0 Å². The molecule has 0 spiro atoms. The summed E-state index contributed by atoms with van der Waals surface area (Å²) in [6, 6.07) is 0.696. The largest absolute Gasteiger partial charge is 0.480 e. The third-order valence-electron chi connectivity index (χ3n) is 2.35. The Bertz CT molecular complexity index is 475. The second-order valence-electron chi connectivity index (χ2n) is 5.51. The van der Waals surface area contributed by atoms with E-state index in [2.05, 4.69) is 10.5 Å². The van der Waals surface area contributed by atoms with Gasteiger partial charge in [0.25, 0.3) is 0 Å². The van der Waals surface area contributed by atoms with Gasteiger partial charge in [0.05, 0.1) is 5.69 Å². The van der Waals surface area contributed by atoms with Crippen molar-refractivity contribution in [3.8, 4) is 0 Å². The number of carboxylic acid groups (broad SMARTS) is 1. The number of aryl methyl sites for hydroxylation is 2. The van der Waals surface area contributed by atoms with Crippen molar-refractivity contribution in [2.75, 3.05) is 0 Å². The average molecular weight is 284 g/mol. The SMILES string of the molecule is Cc1cc(CCC(NC(=O)OC(C)(C)C)C(=O)O)on1. The summed E-state index contributed by atoms with van der Waals surface area (Å²) in [7, 11) is 0. The lowest BCUT2D eigenvalue weighted by molar-refractivity contribution is -0.139. The average Bonchev–Trinajstić information content (AvgIpc) is 2.67. The summed E-state index contributed by atoms with van der Waals surface area (Å²) in [5.41, 5.74) is 0.0572. The molecule has 7 nitrogen and oxygen atoms in total. The van der Waals surface area contributed by atoms with E-state index >= 15 is 0 Å². The van der Waals surface area contributed by atoms with E-state index in [0.717, 1.165) is 5.69 Å². The van der Waals surface area contributed by atoms with Gasteiger partial charge in [0.15, 0.2) is 0 Å². The quantitative estimate of drug-likeness (QED) is 0.856. The summed E-state index contributed by atoms with van der Waals surface area (Å²) >= 11 is 0. The molecule has 7 heteroatoms. The molecule has 1 atom stereocenters. The van der Waals surface area contributed by atoms with E-state index in [1.165, 1.54) is 0 Å². The predicted molar refractivity (Wildman–Crippen MR) is 70.4 cm³/mol. The summed E-state index contributed by atoms with van der Waals surface area (Å²) in [6.45, 7) is 6.90. The van der Waals surface area contributed by atoms with Gasteiger partial charge >= 0.3 is 12.1 Å². The van der Waals surface area contributed by atoms with Crippen LogP contribution in [0.3, 0.4) is 0 Å². The van der Waals surface area contributed by atoms with Crippen molar-refractivity contribution in [1.82, 2.24) is 10.5 Å². The molecule has 0 aliphatic heterocycles. The first-order valence-electron chi connectivity index (χ1n) is 6.32. The van der Waals surface area contributed by atoms with Crippen molar-refractivity contribution >= 4 is 12.1 Å². The number of hydrogen-bond acceptors (Lipinski definition) is 5. The van der Waals surface area contributed by atoms with Crippen LogP contribution < -0.4 is 5.32 Å². The van der Waals surface area contributed by atoms with Crippen molar-refractivity contribution in [2.24, 2.45) is 0 Å². The molecule has 1 amide bonds. The Morgan fingerprint density at radius 2 is 2.15 bits per heavy atom. The smallest absolute Gasteiger partial charge is 0.408 e. The molecule has 0 fully saturated rings. The van der Waals surface area contributed by atoms with Gasteiger partial charge in [-0.25, -0.2) is 9.59 Å². The number of carbonyl (C=O) groups is 2. The molecule has 1 unspecified atom stereocenters. The first-order valence-corrected chi connectivity index (χ1v) is 6.32. The fourth-order valence-corrected chi connectivity index (χ4v) is 1.53. The number of aromatic nitrogens is 1. The van der Waals surface area contributed by atoms with Crippen LogP contribution >= 0.6 is 0 Å². The molecule has 20 heavy (non-hydrogen) atoms. The highest BCUT2D eigenvalue weighted by molar-refractivity contribution is 5.79. The van der Waals surface area contributed by atoms with Crippen LogP contribution in [0.1, 0.15) is 38.6 Å². The zero-order valence-electron chi connectivity index (χ0n) is 12.1. The Kier molecular flexibility index (Phi) is 5.12. The van der Waals surface area contributed by atoms with Crippen LogP contribution in [0.2, 0.25) is 0 Å². The van der Waals surface area contributed by atoms with Crippen LogP contribution in [0.25, 0.3) is 0 Å². The second-order valence-corrected chi connectivity index (χ2v) is 5.51. The van der Waals surface area contributed by atoms with Gasteiger partial charge in [-0.1, -0.05) is 5.16 Å². The van der Waals surface area contributed by atoms with E-state index < -0.39 is 23.7 Å². The summed E-state index contributed by atoms with van der Waals surface area (Å²) in [5, 5.41) is 15.1. The third kappa shape index (κ3) is 5.73. The molecule has 0 aliphatic rings. The topological polar surface area (TPSA) is 102 Å². The van der Waals surface area contributed by atoms with E-state index in [0.29, 0.717) is 12.2 Å². The van der Waals surface area contributed by atoms with Crippen LogP contribution in [-0.4, -0.2) is 34.0 Å². The number of nitrogens with zero attached hydrogens (tertiary/aromatic N) is 1. The Labute approximate surface area is 117 Å². The number of amides is 1. The fraction of sp³-hybridized carbons (Fsp3) is 0.615. The van der Waals surface area contributed by atoms with E-state index in [4.69, 9.17) is 14.4 Å². The lowest BCUT2D eigenvalue weighted by Crippen LogP contribution is -2.43. The molecule has 1 rings (SSSR count). The van der Waals surface area contributed by atoms with Crippen molar-refractivity contribution < 1.29 is 24.0 Å². The van der Waals surface area contributed by atoms with Gasteiger partial charge in [0.1, 0.15) is 17.4 Å². The summed E-state index contributed by atoms with van der Waals surface area (Å²) in [6.07, 6.45) is -0.185. The van der Waals surface area contributed by atoms with Gasteiger partial charge < -0.3 is 19.7 Å². The molecule has 2 N–H and O–H groups in total. The standard InChI is InChI=1S/C13H20N2O5/c1-8-7-9(20-15-8)5-6-10(11(16)17)14-12(18)19-13(2,3)4/h7,10H,5-6H2,1-4H3,(H,14,18)(H,16,17). The number of aliphatic carboxylic acids is 1. The van der Waals surface area contributed by atoms with Crippen LogP contribution in [0.4, 0.5) is 4.79 Å². The van der Waals surface area contributed by atoms with Gasteiger partial charge in [-0.3, -0.25) is 0 Å². The van der Waals surface area contributed by atoms with E-state index in [1.54, 1.807) is 33.8 Å². The van der Waals surface area contributed by atoms with Crippen molar-refractivity contribution in [2.45, 2.75) is 52.2 Å². The zero-order chi connectivity index (χ0) is 15.3. The molecular weight excluding hydrogens is 264 g/mol. The molecule has 1 aromatic heterocycles. The van der Waals surface area contributed by atoms with Gasteiger partial charge in [-0.05, 0) is 34.1 Å². The molecule has 1 aromatic rings. The molecule has 112 valence electrons. The highest BCUT2D eigenvalue weighted by atomic mass is 16.6. The first-order chi connectivity index (χ1) is 9.17. The zero-order valence-corrected chi connectivity index (χ0v) is 12.1. The van der Waals surface area contributed by atoms with Gasteiger partial charge in [0.2, 0.25) is 0 Å². The highest BCUT2D eigenvalue weighted by Crippen LogP contribution is 2.10. The van der Waals surface area contributed by atoms with Gasteiger partial charge in [-0.15, -0.1) is 0 Å². The lowest BCUT2D eigenvalue weighted by atomic mass is 10.1. The van der Waals surface area contributed by atoms with Gasteiger partial charge in [-0.2, -0.15) is 0 Å². The Hall–Kier alpha value is -2.05. The molecule has 0 bridgehead atoms. The number of nitrogens with one attached hydrogen (secondary N) is 1. The number of hydrogen-bond donors (Lipinski definition) is 2. The summed E-state index contributed by atoms with van der Waals surface area (Å²) in [4.78, 5) is 22.7. The minimum Gasteiger partial charge on any atom is -0.480 e. The van der Waals surface area contributed by atoms with Crippen molar-refractivity contribution in [3.05, 3.63) is 17.5 Å². The van der Waals surface area contributed by atoms with E-state index in [9.17, 15) is 9.59 Å². The predicted octanol–water partition coefficient (Wildman–Crippen LogP) is 1.89. The van der Waals surface area contributed by atoms with Crippen LogP contribution in [0.5, 0.6) is 0 Å². The maximum Gasteiger partial charge on any atom is 0.408 e. The summed E-state index contributed by atoms with van der Waals surface area (Å²) < 4.78 is 10.0. The second kappa shape index (κ2) is 6.40. The van der Waals surface area contributed by atoms with Crippen LogP contribution in [0.15, 0.2) is 10.6 Å². The number of carbonyl (C=O) groups excluding carboxylic acids is 1. The molecule has 0 radical (unpaired) electrons. The lowest BCUT2D eigenvalue weighted by Gasteiger charge is -2.21. The minimum atomic E-state index is -1.12. The fourth-order valence-electron chi connectivity index (χ4n) is 1.53. The van der Waals surface area contributed by atoms with Crippen LogP contribution in [-0.2, 0) is 16.0 Å².